The van der Waals surface area contributed by atoms with Crippen LogP contribution in [-0.2, 0) is 9.53 Å². The van der Waals surface area contributed by atoms with Gasteiger partial charge in [0.1, 0.15) is 5.76 Å². The second kappa shape index (κ2) is 6.84. The second-order valence-corrected chi connectivity index (χ2v) is 6.00. The van der Waals surface area contributed by atoms with Gasteiger partial charge in [0.15, 0.2) is 5.75 Å². The molecule has 26 heavy (non-hydrogen) atoms. The van der Waals surface area contributed by atoms with Crippen LogP contribution >= 0.6 is 0 Å². The Morgan fingerprint density at radius 1 is 1.15 bits per heavy atom. The first-order valence-electron chi connectivity index (χ1n) is 7.94. The van der Waals surface area contributed by atoms with Crippen LogP contribution in [0, 0.1) is 24.0 Å². The molecule has 1 aliphatic rings. The molecule has 0 amide bonds. The normalized spacial score (nSPS) is 15.0. The fourth-order valence-corrected chi connectivity index (χ4v) is 2.74. The summed E-state index contributed by atoms with van der Waals surface area (Å²) in [5.41, 5.74) is 3.60. The van der Waals surface area contributed by atoms with Gasteiger partial charge in [0.05, 0.1) is 17.6 Å². The molecule has 2 aromatic rings. The van der Waals surface area contributed by atoms with Gasteiger partial charge < -0.3 is 9.47 Å². The van der Waals surface area contributed by atoms with Crippen molar-refractivity contribution in [2.45, 2.75) is 13.8 Å². The fourth-order valence-electron chi connectivity index (χ4n) is 2.74. The number of nitrogens with zero attached hydrogens (tertiary/aromatic N) is 1. The van der Waals surface area contributed by atoms with Crippen LogP contribution in [0.1, 0.15) is 22.3 Å². The number of cyclic esters (lactones) is 1. The van der Waals surface area contributed by atoms with Crippen molar-refractivity contribution < 1.29 is 19.2 Å². The quantitative estimate of drug-likeness (QED) is 0.357. The maximum Gasteiger partial charge on any atom is 0.343 e. The van der Waals surface area contributed by atoms with E-state index in [1.807, 2.05) is 32.0 Å². The summed E-state index contributed by atoms with van der Waals surface area (Å²) in [5.74, 6) is 0.155. The number of nitro benzene ring substituents is 1. The van der Waals surface area contributed by atoms with Crippen LogP contribution in [-0.4, -0.2) is 18.0 Å². The molecule has 0 saturated heterocycles. The Hall–Kier alpha value is -3.41. The van der Waals surface area contributed by atoms with E-state index >= 15 is 0 Å². The number of hydrogen-bond donors (Lipinski definition) is 0. The number of carbonyl (C=O) groups is 1. The van der Waals surface area contributed by atoms with Crippen molar-refractivity contribution in [3.05, 3.63) is 80.4 Å². The molecule has 0 N–H and O–H groups in total. The minimum atomic E-state index is -0.523. The van der Waals surface area contributed by atoms with Gasteiger partial charge in [-0.15, -0.1) is 0 Å². The van der Waals surface area contributed by atoms with Crippen molar-refractivity contribution in [1.29, 1.82) is 0 Å². The molecule has 0 aliphatic carbocycles. The lowest BCUT2D eigenvalue weighted by molar-refractivity contribution is -0.385. The zero-order valence-electron chi connectivity index (χ0n) is 14.6. The molecule has 0 atom stereocenters. The largest absolute Gasteiger partial charge is 0.490 e. The lowest BCUT2D eigenvalue weighted by atomic mass is 10.0. The van der Waals surface area contributed by atoms with Gasteiger partial charge in [0, 0.05) is 11.6 Å². The Kier molecular flexibility index (Phi) is 4.58. The summed E-state index contributed by atoms with van der Waals surface area (Å²) in [4.78, 5) is 22.8. The fraction of sp³-hybridized carbons (Fsp3) is 0.150. The Morgan fingerprint density at radius 3 is 2.62 bits per heavy atom. The lowest BCUT2D eigenvalue weighted by Gasteiger charge is -2.06. The van der Waals surface area contributed by atoms with Crippen LogP contribution in [0.15, 0.2) is 48.0 Å². The zero-order chi connectivity index (χ0) is 18.8. The van der Waals surface area contributed by atoms with Gasteiger partial charge in [-0.05, 0) is 49.3 Å². The van der Waals surface area contributed by atoms with E-state index in [4.69, 9.17) is 9.47 Å². The van der Waals surface area contributed by atoms with Gasteiger partial charge in [-0.25, -0.2) is 4.79 Å². The van der Waals surface area contributed by atoms with Gasteiger partial charge in [0.25, 0.3) is 0 Å². The summed E-state index contributed by atoms with van der Waals surface area (Å²) in [5, 5.41) is 11.1. The predicted octanol–water partition coefficient (Wildman–Crippen LogP) is 4.20. The molecule has 0 unspecified atom stereocenters. The van der Waals surface area contributed by atoms with Crippen molar-refractivity contribution in [2.24, 2.45) is 0 Å². The van der Waals surface area contributed by atoms with Crippen LogP contribution < -0.4 is 4.74 Å². The van der Waals surface area contributed by atoms with E-state index in [1.165, 1.54) is 19.2 Å². The summed E-state index contributed by atoms with van der Waals surface area (Å²) < 4.78 is 10.4. The maximum absolute atomic E-state index is 12.2. The molecule has 132 valence electrons. The van der Waals surface area contributed by atoms with Crippen LogP contribution in [0.25, 0.3) is 11.8 Å². The van der Waals surface area contributed by atoms with Crippen LogP contribution in [0.2, 0.25) is 0 Å². The first-order chi connectivity index (χ1) is 12.4. The van der Waals surface area contributed by atoms with Crippen molar-refractivity contribution in [3.63, 3.8) is 0 Å². The first-order valence-corrected chi connectivity index (χ1v) is 7.94. The highest BCUT2D eigenvalue weighted by atomic mass is 16.6. The molecule has 3 rings (SSSR count). The van der Waals surface area contributed by atoms with Crippen molar-refractivity contribution in [1.82, 2.24) is 0 Å². The number of benzene rings is 2. The van der Waals surface area contributed by atoms with Gasteiger partial charge in [-0.1, -0.05) is 23.8 Å². The number of hydrogen-bond acceptors (Lipinski definition) is 5. The highest BCUT2D eigenvalue weighted by Gasteiger charge is 2.23. The summed E-state index contributed by atoms with van der Waals surface area (Å²) in [6.07, 6.45) is 3.22. The number of aryl methyl sites for hydroxylation is 2. The molecule has 0 bridgehead atoms. The molecule has 0 fully saturated rings. The highest BCUT2D eigenvalue weighted by Crippen LogP contribution is 2.32. The third kappa shape index (κ3) is 3.35. The Morgan fingerprint density at radius 2 is 1.92 bits per heavy atom. The average Bonchev–Trinajstić information content (AvgIpc) is 2.97. The Balaban J connectivity index is 2.00. The minimum absolute atomic E-state index is 0.160. The monoisotopic (exact) mass is 351 g/mol. The Bertz CT molecular complexity index is 972. The van der Waals surface area contributed by atoms with E-state index in [9.17, 15) is 14.9 Å². The molecule has 0 spiro atoms. The lowest BCUT2D eigenvalue weighted by Crippen LogP contribution is -1.98. The number of nitro groups is 1. The third-order valence-corrected chi connectivity index (χ3v) is 4.11. The number of esters is 1. The first kappa shape index (κ1) is 17.4. The van der Waals surface area contributed by atoms with Gasteiger partial charge in [-0.2, -0.15) is 0 Å². The van der Waals surface area contributed by atoms with Gasteiger partial charge >= 0.3 is 11.7 Å². The van der Waals surface area contributed by atoms with Gasteiger partial charge in [0.2, 0.25) is 0 Å². The van der Waals surface area contributed by atoms with Gasteiger partial charge in [-0.3, -0.25) is 10.1 Å². The van der Waals surface area contributed by atoms with E-state index in [-0.39, 0.29) is 11.4 Å². The molecular weight excluding hydrogens is 334 g/mol. The standard InChI is InChI=1S/C20H17NO5/c1-12-4-5-13(2)16(8-12)19-11-15(20(22)26-19)9-14-6-7-18(25-3)17(10-14)21(23)24/h4-11H,1-3H3. The number of ether oxygens (including phenoxy) is 2. The molecular formula is C20H17NO5. The number of rotatable bonds is 4. The third-order valence-electron chi connectivity index (χ3n) is 4.11. The van der Waals surface area contributed by atoms with Crippen molar-refractivity contribution in [3.8, 4) is 5.75 Å². The molecule has 0 saturated carbocycles. The minimum Gasteiger partial charge on any atom is -0.490 e. The zero-order valence-corrected chi connectivity index (χ0v) is 14.6. The maximum atomic E-state index is 12.2. The average molecular weight is 351 g/mol. The van der Waals surface area contributed by atoms with Crippen LogP contribution in [0.5, 0.6) is 5.75 Å². The molecule has 1 heterocycles. The summed E-state index contributed by atoms with van der Waals surface area (Å²) in [7, 11) is 1.37. The van der Waals surface area contributed by atoms with Crippen LogP contribution in [0.4, 0.5) is 5.69 Å². The number of carbonyl (C=O) groups excluding carboxylic acids is 1. The molecule has 0 radical (unpaired) electrons. The SMILES string of the molecule is COc1ccc(C=C2C=C(c3cc(C)ccc3C)OC2=O)cc1[N+](=O)[O-]. The van der Waals surface area contributed by atoms with Crippen molar-refractivity contribution >= 4 is 23.5 Å². The summed E-state index contributed by atoms with van der Waals surface area (Å²) >= 11 is 0. The van der Waals surface area contributed by atoms with E-state index in [0.717, 1.165) is 16.7 Å². The number of methoxy groups -OCH3 is 1. The van der Waals surface area contributed by atoms with E-state index < -0.39 is 10.9 Å². The van der Waals surface area contributed by atoms with E-state index in [0.29, 0.717) is 16.9 Å². The smallest absolute Gasteiger partial charge is 0.343 e. The van der Waals surface area contributed by atoms with Crippen LogP contribution in [0.3, 0.4) is 0 Å². The second-order valence-electron chi connectivity index (χ2n) is 6.00. The predicted molar refractivity (Wildman–Crippen MR) is 97.6 cm³/mol. The van der Waals surface area contributed by atoms with E-state index in [2.05, 4.69) is 0 Å². The summed E-state index contributed by atoms with van der Waals surface area (Å²) in [6, 6.07) is 10.4. The molecule has 2 aromatic carbocycles. The van der Waals surface area contributed by atoms with E-state index in [1.54, 1.807) is 18.2 Å². The topological polar surface area (TPSA) is 78.7 Å². The van der Waals surface area contributed by atoms with Crippen molar-refractivity contribution in [2.75, 3.05) is 7.11 Å². The molecule has 1 aliphatic heterocycles. The molecule has 6 nitrogen and oxygen atoms in total. The summed E-state index contributed by atoms with van der Waals surface area (Å²) in [6.45, 7) is 3.91. The molecule has 6 heteroatoms. The highest BCUT2D eigenvalue weighted by molar-refractivity contribution is 6.05. The molecule has 0 aromatic heterocycles. The Labute approximate surface area is 150 Å².